The first-order valence-corrected chi connectivity index (χ1v) is 7.10. The molecule has 0 aliphatic carbocycles. The predicted molar refractivity (Wildman–Crippen MR) is 84.5 cm³/mol. The molecule has 6 heteroatoms. The third kappa shape index (κ3) is 2.63. The zero-order valence-electron chi connectivity index (χ0n) is 11.5. The molecule has 2 aromatic rings. The average Bonchev–Trinajstić information content (AvgIpc) is 2.89. The zero-order valence-corrected chi connectivity index (χ0v) is 12.2. The topological polar surface area (TPSA) is 69.6 Å². The van der Waals surface area contributed by atoms with E-state index < -0.39 is 18.0 Å². The second-order valence-electron chi connectivity index (χ2n) is 4.99. The number of carboxylic acids is 1. The predicted octanol–water partition coefficient (Wildman–Crippen LogP) is 3.39. The molecule has 0 spiro atoms. The number of halogens is 1. The number of aliphatic carboxylic acids is 1. The number of carbonyl (C=O) groups is 2. The molecule has 2 amide bonds. The fourth-order valence-corrected chi connectivity index (χ4v) is 2.68. The van der Waals surface area contributed by atoms with Crippen LogP contribution in [0.25, 0.3) is 0 Å². The molecule has 0 saturated carbocycles. The Hall–Kier alpha value is -2.53. The first kappa shape index (κ1) is 14.4. The van der Waals surface area contributed by atoms with Crippen LogP contribution in [0.5, 0.6) is 0 Å². The van der Waals surface area contributed by atoms with E-state index in [9.17, 15) is 14.7 Å². The van der Waals surface area contributed by atoms with E-state index in [-0.39, 0.29) is 0 Å². The molecule has 0 unspecified atom stereocenters. The number of fused-ring (bicyclic) bond motifs is 1. The van der Waals surface area contributed by atoms with Gasteiger partial charge in [0.2, 0.25) is 0 Å². The number of rotatable bonds is 2. The van der Waals surface area contributed by atoms with Crippen LogP contribution in [0.15, 0.2) is 48.5 Å². The van der Waals surface area contributed by atoms with Crippen LogP contribution in [0.1, 0.15) is 5.56 Å². The van der Waals surface area contributed by atoms with Gasteiger partial charge in [-0.15, -0.1) is 0 Å². The van der Waals surface area contributed by atoms with E-state index in [1.807, 2.05) is 12.1 Å². The number of nitrogens with one attached hydrogen (secondary N) is 1. The largest absolute Gasteiger partial charge is 0.480 e. The number of carbonyl (C=O) groups excluding carboxylic acids is 1. The molecular formula is C16H13ClN2O3. The molecule has 0 radical (unpaired) electrons. The monoisotopic (exact) mass is 316 g/mol. The molecule has 0 bridgehead atoms. The minimum Gasteiger partial charge on any atom is -0.480 e. The third-order valence-corrected chi connectivity index (χ3v) is 3.83. The van der Waals surface area contributed by atoms with Crippen molar-refractivity contribution in [2.75, 3.05) is 10.2 Å². The van der Waals surface area contributed by atoms with Crippen LogP contribution in [-0.2, 0) is 11.2 Å². The number of carboxylic acid groups (broad SMARTS) is 1. The van der Waals surface area contributed by atoms with Gasteiger partial charge in [0.15, 0.2) is 0 Å². The van der Waals surface area contributed by atoms with Gasteiger partial charge >= 0.3 is 12.0 Å². The summed E-state index contributed by atoms with van der Waals surface area (Å²) < 4.78 is 0. The Morgan fingerprint density at radius 1 is 1.14 bits per heavy atom. The van der Waals surface area contributed by atoms with Crippen LogP contribution in [0.3, 0.4) is 0 Å². The minimum absolute atomic E-state index is 0.305. The molecule has 0 fully saturated rings. The Morgan fingerprint density at radius 3 is 2.50 bits per heavy atom. The molecule has 2 N–H and O–H groups in total. The number of hydrogen-bond donors (Lipinski definition) is 2. The van der Waals surface area contributed by atoms with Crippen molar-refractivity contribution in [2.45, 2.75) is 12.5 Å². The Kier molecular flexibility index (Phi) is 3.73. The smallest absolute Gasteiger partial charge is 0.327 e. The van der Waals surface area contributed by atoms with Crippen LogP contribution < -0.4 is 10.2 Å². The number of urea groups is 1. The van der Waals surface area contributed by atoms with Crippen LogP contribution >= 0.6 is 11.6 Å². The summed E-state index contributed by atoms with van der Waals surface area (Å²) in [5.41, 5.74) is 2.03. The van der Waals surface area contributed by atoms with E-state index in [0.29, 0.717) is 22.8 Å². The summed E-state index contributed by atoms with van der Waals surface area (Å²) in [5.74, 6) is -1.03. The highest BCUT2D eigenvalue weighted by Crippen LogP contribution is 2.32. The highest BCUT2D eigenvalue weighted by atomic mass is 35.5. The summed E-state index contributed by atoms with van der Waals surface area (Å²) in [7, 11) is 0. The van der Waals surface area contributed by atoms with Crippen molar-refractivity contribution >= 4 is 35.0 Å². The maximum absolute atomic E-state index is 12.5. The van der Waals surface area contributed by atoms with E-state index in [4.69, 9.17) is 11.6 Å². The Labute approximate surface area is 132 Å². The number of amides is 2. The maximum atomic E-state index is 12.5. The van der Waals surface area contributed by atoms with Crippen LogP contribution in [0, 0.1) is 0 Å². The Morgan fingerprint density at radius 2 is 1.82 bits per heavy atom. The number of hydrogen-bond acceptors (Lipinski definition) is 2. The number of anilines is 2. The SMILES string of the molecule is O=C(O)[C@@H]1Cc2ccccc2N1C(=O)Nc1ccc(Cl)cc1. The molecule has 5 nitrogen and oxygen atoms in total. The summed E-state index contributed by atoms with van der Waals surface area (Å²) in [6.45, 7) is 0. The Balaban J connectivity index is 1.88. The van der Waals surface area contributed by atoms with Crippen molar-refractivity contribution in [1.29, 1.82) is 0 Å². The molecule has 22 heavy (non-hydrogen) atoms. The number of nitrogens with zero attached hydrogens (tertiary/aromatic N) is 1. The van der Waals surface area contributed by atoms with Gasteiger partial charge < -0.3 is 10.4 Å². The molecule has 1 atom stereocenters. The molecular weight excluding hydrogens is 304 g/mol. The number of benzene rings is 2. The first-order valence-electron chi connectivity index (χ1n) is 6.73. The van der Waals surface area contributed by atoms with Crippen LogP contribution in [-0.4, -0.2) is 23.1 Å². The van der Waals surface area contributed by atoms with Gasteiger partial charge in [-0.05, 0) is 35.9 Å². The molecule has 0 saturated heterocycles. The van der Waals surface area contributed by atoms with Gasteiger partial charge in [0, 0.05) is 22.8 Å². The lowest BCUT2D eigenvalue weighted by molar-refractivity contribution is -0.138. The zero-order chi connectivity index (χ0) is 15.7. The van der Waals surface area contributed by atoms with Crippen molar-refractivity contribution in [2.24, 2.45) is 0 Å². The standard InChI is InChI=1S/C16H13ClN2O3/c17-11-5-7-12(8-6-11)18-16(22)19-13-4-2-1-3-10(13)9-14(19)15(20)21/h1-8,14H,9H2,(H,18,22)(H,20,21)/t14-/m0/s1. The van der Waals surface area contributed by atoms with Gasteiger partial charge in [-0.25, -0.2) is 9.59 Å². The average molecular weight is 317 g/mol. The third-order valence-electron chi connectivity index (χ3n) is 3.58. The van der Waals surface area contributed by atoms with E-state index >= 15 is 0 Å². The van der Waals surface area contributed by atoms with Crippen molar-refractivity contribution in [3.8, 4) is 0 Å². The second kappa shape index (κ2) is 5.69. The molecule has 1 aliphatic rings. The molecule has 1 heterocycles. The van der Waals surface area contributed by atoms with E-state index in [1.165, 1.54) is 4.90 Å². The molecule has 2 aromatic carbocycles. The highest BCUT2D eigenvalue weighted by molar-refractivity contribution is 6.30. The van der Waals surface area contributed by atoms with Crippen molar-refractivity contribution in [3.63, 3.8) is 0 Å². The van der Waals surface area contributed by atoms with E-state index in [1.54, 1.807) is 36.4 Å². The fraction of sp³-hybridized carbons (Fsp3) is 0.125. The molecule has 112 valence electrons. The highest BCUT2D eigenvalue weighted by Gasteiger charge is 2.38. The summed E-state index contributed by atoms with van der Waals surface area (Å²) in [5, 5.41) is 12.6. The van der Waals surface area contributed by atoms with Gasteiger partial charge in [-0.2, -0.15) is 0 Å². The molecule has 0 aromatic heterocycles. The van der Waals surface area contributed by atoms with Crippen molar-refractivity contribution in [3.05, 3.63) is 59.1 Å². The summed E-state index contributed by atoms with van der Waals surface area (Å²) in [6, 6.07) is 12.5. The normalized spacial score (nSPS) is 16.2. The van der Waals surface area contributed by atoms with Gasteiger partial charge in [0.1, 0.15) is 6.04 Å². The maximum Gasteiger partial charge on any atom is 0.327 e. The lowest BCUT2D eigenvalue weighted by Gasteiger charge is -2.23. The van der Waals surface area contributed by atoms with Gasteiger partial charge in [-0.3, -0.25) is 4.90 Å². The Bertz CT molecular complexity index is 730. The quantitative estimate of drug-likeness (QED) is 0.892. The fourth-order valence-electron chi connectivity index (χ4n) is 2.55. The lowest BCUT2D eigenvalue weighted by Crippen LogP contribution is -2.45. The summed E-state index contributed by atoms with van der Waals surface area (Å²) in [4.78, 5) is 25.2. The van der Waals surface area contributed by atoms with Gasteiger partial charge in [0.05, 0.1) is 0 Å². The molecule has 3 rings (SSSR count). The van der Waals surface area contributed by atoms with Crippen LogP contribution in [0.2, 0.25) is 5.02 Å². The second-order valence-corrected chi connectivity index (χ2v) is 5.43. The first-order chi connectivity index (χ1) is 10.6. The van der Waals surface area contributed by atoms with Crippen molar-refractivity contribution < 1.29 is 14.7 Å². The van der Waals surface area contributed by atoms with Crippen LogP contribution in [0.4, 0.5) is 16.2 Å². The van der Waals surface area contributed by atoms with E-state index in [0.717, 1.165) is 5.56 Å². The minimum atomic E-state index is -1.03. The lowest BCUT2D eigenvalue weighted by atomic mass is 10.1. The number of para-hydroxylation sites is 1. The van der Waals surface area contributed by atoms with E-state index in [2.05, 4.69) is 5.32 Å². The van der Waals surface area contributed by atoms with Crippen molar-refractivity contribution in [1.82, 2.24) is 0 Å². The summed E-state index contributed by atoms with van der Waals surface area (Å²) in [6.07, 6.45) is 0.305. The van der Waals surface area contributed by atoms with Gasteiger partial charge in [0.25, 0.3) is 0 Å². The summed E-state index contributed by atoms with van der Waals surface area (Å²) >= 11 is 5.81. The molecule has 1 aliphatic heterocycles. The van der Waals surface area contributed by atoms with Gasteiger partial charge in [-0.1, -0.05) is 29.8 Å².